The number of hydrogen-bond acceptors (Lipinski definition) is 5. The van der Waals surface area contributed by atoms with Crippen molar-refractivity contribution in [1.82, 2.24) is 25.1 Å². The highest BCUT2D eigenvalue weighted by atomic mass is 32.1. The number of rotatable bonds is 2. The van der Waals surface area contributed by atoms with Crippen LogP contribution >= 0.6 is 11.3 Å². The zero-order chi connectivity index (χ0) is 13.7. The lowest BCUT2D eigenvalue weighted by atomic mass is 9.78. The van der Waals surface area contributed by atoms with Gasteiger partial charge in [0.1, 0.15) is 5.01 Å². The van der Waals surface area contributed by atoms with Crippen LogP contribution in [0.25, 0.3) is 4.96 Å². The van der Waals surface area contributed by atoms with Gasteiger partial charge in [0.25, 0.3) is 0 Å². The molecule has 1 unspecified atom stereocenters. The number of fused-ring (bicyclic) bond motifs is 1. The van der Waals surface area contributed by atoms with Crippen LogP contribution < -0.4 is 5.32 Å². The molecule has 2 aromatic heterocycles. The van der Waals surface area contributed by atoms with Gasteiger partial charge in [-0.2, -0.15) is 9.61 Å². The maximum Gasteiger partial charge on any atom is 0.234 e. The van der Waals surface area contributed by atoms with Crippen LogP contribution in [0.3, 0.4) is 0 Å². The predicted octanol–water partition coefficient (Wildman–Crippen LogP) is 2.90. The van der Waals surface area contributed by atoms with Gasteiger partial charge in [-0.3, -0.25) is 0 Å². The lowest BCUT2D eigenvalue weighted by molar-refractivity contribution is 0.180. The molecular weight excluding hydrogens is 270 g/mol. The Bertz CT molecular complexity index is 625. The summed E-state index contributed by atoms with van der Waals surface area (Å²) in [6, 6.07) is 0.345. The monoisotopic (exact) mass is 291 g/mol. The van der Waals surface area contributed by atoms with Crippen molar-refractivity contribution in [3.63, 3.8) is 0 Å². The summed E-state index contributed by atoms with van der Waals surface area (Å²) in [5, 5.41) is 18.3. The summed E-state index contributed by atoms with van der Waals surface area (Å²) in [6.07, 6.45) is 6.29. The van der Waals surface area contributed by atoms with E-state index in [0.29, 0.717) is 12.0 Å². The maximum absolute atomic E-state index is 4.84. The van der Waals surface area contributed by atoms with E-state index < -0.39 is 0 Å². The van der Waals surface area contributed by atoms with Crippen LogP contribution in [0.1, 0.15) is 68.7 Å². The molecule has 1 atom stereocenters. The smallest absolute Gasteiger partial charge is 0.234 e. The summed E-state index contributed by atoms with van der Waals surface area (Å²) in [4.78, 5) is 0.949. The fourth-order valence-corrected chi connectivity index (χ4v) is 4.45. The zero-order valence-corrected chi connectivity index (χ0v) is 12.9. The molecule has 3 heterocycles. The Balaban J connectivity index is 1.71. The van der Waals surface area contributed by atoms with Crippen molar-refractivity contribution in [2.24, 2.45) is 5.41 Å². The first-order valence-corrected chi connectivity index (χ1v) is 8.42. The van der Waals surface area contributed by atoms with E-state index in [1.807, 2.05) is 4.52 Å². The summed E-state index contributed by atoms with van der Waals surface area (Å²) in [6.45, 7) is 5.75. The Labute approximate surface area is 122 Å². The molecule has 0 bridgehead atoms. The first kappa shape index (κ1) is 12.7. The van der Waals surface area contributed by atoms with E-state index in [2.05, 4.69) is 29.4 Å². The van der Waals surface area contributed by atoms with Crippen LogP contribution in [0.5, 0.6) is 0 Å². The van der Waals surface area contributed by atoms with E-state index >= 15 is 0 Å². The van der Waals surface area contributed by atoms with Crippen molar-refractivity contribution in [2.75, 3.05) is 6.54 Å². The molecule has 2 aliphatic rings. The molecule has 6 heteroatoms. The van der Waals surface area contributed by atoms with Gasteiger partial charge in [-0.15, -0.1) is 10.2 Å². The fourth-order valence-electron chi connectivity index (χ4n) is 3.32. The van der Waals surface area contributed by atoms with Gasteiger partial charge in [0.15, 0.2) is 5.82 Å². The molecule has 1 saturated carbocycles. The van der Waals surface area contributed by atoms with Crippen molar-refractivity contribution in [1.29, 1.82) is 0 Å². The largest absolute Gasteiger partial charge is 0.307 e. The fraction of sp³-hybridized carbons (Fsp3) is 0.786. The molecule has 0 aromatic carbocycles. The third kappa shape index (κ3) is 1.89. The summed E-state index contributed by atoms with van der Waals surface area (Å²) < 4.78 is 2.00. The number of aromatic nitrogens is 4. The van der Waals surface area contributed by atoms with Crippen LogP contribution in [0.15, 0.2) is 0 Å². The van der Waals surface area contributed by atoms with Crippen LogP contribution in [-0.4, -0.2) is 26.4 Å². The molecule has 1 saturated heterocycles. The molecule has 108 valence electrons. The summed E-state index contributed by atoms with van der Waals surface area (Å²) >= 11 is 1.69. The molecular formula is C14H21N5S. The Kier molecular flexibility index (Phi) is 2.86. The van der Waals surface area contributed by atoms with Crippen LogP contribution in [0, 0.1) is 5.41 Å². The van der Waals surface area contributed by atoms with Gasteiger partial charge in [-0.25, -0.2) is 0 Å². The summed E-state index contributed by atoms with van der Waals surface area (Å²) in [5.74, 6) is 1.65. The highest BCUT2D eigenvalue weighted by Crippen LogP contribution is 2.42. The molecule has 0 radical (unpaired) electrons. The number of nitrogens with one attached hydrogen (secondary N) is 1. The van der Waals surface area contributed by atoms with Gasteiger partial charge in [-0.1, -0.05) is 31.6 Å². The summed E-state index contributed by atoms with van der Waals surface area (Å²) in [7, 11) is 0. The van der Waals surface area contributed by atoms with Gasteiger partial charge >= 0.3 is 0 Å². The van der Waals surface area contributed by atoms with Gasteiger partial charge in [0.05, 0.1) is 6.04 Å². The van der Waals surface area contributed by atoms with Crippen molar-refractivity contribution < 1.29 is 0 Å². The molecule has 1 aliphatic carbocycles. The average Bonchev–Trinajstić information content (AvgIpc) is 2.88. The molecule has 20 heavy (non-hydrogen) atoms. The van der Waals surface area contributed by atoms with E-state index in [0.717, 1.165) is 17.3 Å². The highest BCUT2D eigenvalue weighted by molar-refractivity contribution is 7.16. The van der Waals surface area contributed by atoms with Crippen molar-refractivity contribution in [2.45, 2.75) is 57.9 Å². The van der Waals surface area contributed by atoms with Crippen molar-refractivity contribution in [3.05, 3.63) is 10.8 Å². The Morgan fingerprint density at radius 3 is 2.80 bits per heavy atom. The maximum atomic E-state index is 4.84. The van der Waals surface area contributed by atoms with E-state index in [4.69, 9.17) is 5.10 Å². The number of nitrogens with zero attached hydrogens (tertiary/aromatic N) is 4. The second-order valence-electron chi connectivity index (χ2n) is 6.80. The highest BCUT2D eigenvalue weighted by Gasteiger charge is 2.36. The third-order valence-electron chi connectivity index (χ3n) is 4.88. The van der Waals surface area contributed by atoms with E-state index in [9.17, 15) is 0 Å². The molecule has 2 fully saturated rings. The lowest BCUT2D eigenvalue weighted by Crippen LogP contribution is -2.39. The molecule has 4 rings (SSSR count). The Morgan fingerprint density at radius 2 is 2.10 bits per heavy atom. The minimum Gasteiger partial charge on any atom is -0.307 e. The SMILES string of the molecule is CC1(C)CCCNC1c1nn2c(C3CCC3)nnc2s1. The summed E-state index contributed by atoms with van der Waals surface area (Å²) in [5.41, 5.74) is 0.262. The minimum absolute atomic E-state index is 0.262. The molecule has 5 nitrogen and oxygen atoms in total. The third-order valence-corrected chi connectivity index (χ3v) is 5.84. The molecule has 1 aliphatic heterocycles. The Hall–Kier alpha value is -1.01. The van der Waals surface area contributed by atoms with Gasteiger partial charge < -0.3 is 5.32 Å². The average molecular weight is 291 g/mol. The second-order valence-corrected chi connectivity index (χ2v) is 7.79. The van der Waals surface area contributed by atoms with E-state index in [1.165, 1.54) is 37.1 Å². The van der Waals surface area contributed by atoms with E-state index in [1.54, 1.807) is 11.3 Å². The molecule has 2 aromatic rings. The number of hydrogen-bond donors (Lipinski definition) is 1. The topological polar surface area (TPSA) is 55.1 Å². The quantitative estimate of drug-likeness (QED) is 0.924. The van der Waals surface area contributed by atoms with Crippen LogP contribution in [0.2, 0.25) is 0 Å². The van der Waals surface area contributed by atoms with Crippen molar-refractivity contribution in [3.8, 4) is 0 Å². The van der Waals surface area contributed by atoms with Crippen LogP contribution in [-0.2, 0) is 0 Å². The van der Waals surface area contributed by atoms with Crippen molar-refractivity contribution >= 4 is 16.3 Å². The van der Waals surface area contributed by atoms with Crippen LogP contribution in [0.4, 0.5) is 0 Å². The van der Waals surface area contributed by atoms with Gasteiger partial charge in [-0.05, 0) is 37.6 Å². The molecule has 0 amide bonds. The Morgan fingerprint density at radius 1 is 1.25 bits per heavy atom. The molecule has 1 N–H and O–H groups in total. The van der Waals surface area contributed by atoms with E-state index in [-0.39, 0.29) is 5.41 Å². The van der Waals surface area contributed by atoms with Gasteiger partial charge in [0, 0.05) is 5.92 Å². The standard InChI is InChI=1S/C14H21N5S/c1-14(2)7-4-8-15-10(14)12-18-19-11(9-5-3-6-9)16-17-13(19)20-12/h9-10,15H,3-8H2,1-2H3. The predicted molar refractivity (Wildman–Crippen MR) is 79.0 cm³/mol. The van der Waals surface area contributed by atoms with Gasteiger partial charge in [0.2, 0.25) is 4.96 Å². The molecule has 0 spiro atoms. The number of piperidine rings is 1. The zero-order valence-electron chi connectivity index (χ0n) is 12.1. The lowest BCUT2D eigenvalue weighted by Gasteiger charge is -2.37. The normalized spacial score (nSPS) is 26.8. The first-order valence-electron chi connectivity index (χ1n) is 7.60. The minimum atomic E-state index is 0.262. The second kappa shape index (κ2) is 4.49. The first-order chi connectivity index (χ1) is 9.65.